The van der Waals surface area contributed by atoms with E-state index in [2.05, 4.69) is 16.0 Å². The second-order valence-corrected chi connectivity index (χ2v) is 7.72. The lowest BCUT2D eigenvalue weighted by atomic mass is 10.0. The molecule has 174 valence electrons. The van der Waals surface area contributed by atoms with Crippen molar-refractivity contribution in [2.75, 3.05) is 0 Å². The number of hydrogen-bond donors (Lipinski definition) is 5. The van der Waals surface area contributed by atoms with Gasteiger partial charge < -0.3 is 26.5 Å². The van der Waals surface area contributed by atoms with Crippen LogP contribution in [0.15, 0.2) is 48.5 Å². The third-order valence-corrected chi connectivity index (χ3v) is 4.94. The Balaban J connectivity index is 2.16. The summed E-state index contributed by atoms with van der Waals surface area (Å²) in [5, 5.41) is 24.9. The van der Waals surface area contributed by atoms with Crippen LogP contribution in [0.2, 0.25) is 5.02 Å². The summed E-state index contributed by atoms with van der Waals surface area (Å²) in [6, 6.07) is 10.3. The van der Waals surface area contributed by atoms with E-state index in [1.54, 1.807) is 24.3 Å². The van der Waals surface area contributed by atoms with Gasteiger partial charge in [0.05, 0.1) is 6.21 Å². The van der Waals surface area contributed by atoms with Gasteiger partial charge in [-0.2, -0.15) is 0 Å². The largest absolute Gasteiger partial charge is 0.508 e. The number of carbonyl (C=O) groups is 4. The van der Waals surface area contributed by atoms with Crippen molar-refractivity contribution in [3.8, 4) is 5.75 Å². The highest BCUT2D eigenvalue weighted by Gasteiger charge is 2.27. The monoisotopic (exact) mass is 472 g/mol. The molecule has 10 heteroatoms. The zero-order valence-electron chi connectivity index (χ0n) is 17.9. The number of benzene rings is 2. The SMILES string of the molecule is CC(=O)N[C@H](C(=O)N[C@@H](CCC(=O)C=N)C(=O)NCc1ccc(Cl)cc1)c1ccc(O)cc1. The molecule has 0 aliphatic carbocycles. The summed E-state index contributed by atoms with van der Waals surface area (Å²) in [6.07, 6.45) is 0.503. The quantitative estimate of drug-likeness (QED) is 0.317. The zero-order chi connectivity index (χ0) is 24.4. The molecule has 0 bridgehead atoms. The third-order valence-electron chi connectivity index (χ3n) is 4.69. The fraction of sp³-hybridized carbons (Fsp3) is 0.261. The lowest BCUT2D eigenvalue weighted by molar-refractivity contribution is -0.132. The van der Waals surface area contributed by atoms with E-state index in [1.165, 1.54) is 31.2 Å². The number of nitrogens with one attached hydrogen (secondary N) is 4. The summed E-state index contributed by atoms with van der Waals surface area (Å²) in [6.45, 7) is 1.42. The lowest BCUT2D eigenvalue weighted by Gasteiger charge is -2.23. The number of hydrogen-bond acceptors (Lipinski definition) is 6. The first-order valence-corrected chi connectivity index (χ1v) is 10.5. The Hall–Kier alpha value is -3.72. The van der Waals surface area contributed by atoms with Gasteiger partial charge in [-0.05, 0) is 41.8 Å². The fourth-order valence-corrected chi connectivity index (χ4v) is 3.09. The predicted octanol–water partition coefficient (Wildman–Crippen LogP) is 2.02. The van der Waals surface area contributed by atoms with Crippen molar-refractivity contribution in [3.63, 3.8) is 0 Å². The van der Waals surface area contributed by atoms with Crippen LogP contribution in [-0.2, 0) is 25.7 Å². The maximum absolute atomic E-state index is 13.0. The number of aromatic hydroxyl groups is 1. The lowest BCUT2D eigenvalue weighted by Crippen LogP contribution is -2.50. The molecule has 0 aromatic heterocycles. The molecule has 0 heterocycles. The Morgan fingerprint density at radius 1 is 1.00 bits per heavy atom. The zero-order valence-corrected chi connectivity index (χ0v) is 18.7. The molecule has 0 saturated carbocycles. The minimum Gasteiger partial charge on any atom is -0.508 e. The van der Waals surface area contributed by atoms with Crippen LogP contribution in [0.4, 0.5) is 0 Å². The van der Waals surface area contributed by atoms with Crippen LogP contribution in [0.1, 0.15) is 36.9 Å². The van der Waals surface area contributed by atoms with Crippen LogP contribution < -0.4 is 16.0 Å². The number of Topliss-reactive ketones (excluding diaryl/α,β-unsaturated/α-hetero) is 1. The van der Waals surface area contributed by atoms with Crippen LogP contribution in [0.5, 0.6) is 5.75 Å². The Kier molecular flexibility index (Phi) is 9.56. The average Bonchev–Trinajstić information content (AvgIpc) is 2.79. The first-order chi connectivity index (χ1) is 15.7. The third kappa shape index (κ3) is 8.38. The highest BCUT2D eigenvalue weighted by atomic mass is 35.5. The van der Waals surface area contributed by atoms with E-state index in [1.807, 2.05) is 0 Å². The molecule has 3 amide bonds. The molecule has 0 radical (unpaired) electrons. The van der Waals surface area contributed by atoms with Gasteiger partial charge in [0.2, 0.25) is 17.7 Å². The van der Waals surface area contributed by atoms with Gasteiger partial charge in [0.25, 0.3) is 0 Å². The van der Waals surface area contributed by atoms with Crippen LogP contribution in [0.25, 0.3) is 0 Å². The van der Waals surface area contributed by atoms with Gasteiger partial charge in [0, 0.05) is 24.9 Å². The Morgan fingerprint density at radius 3 is 2.21 bits per heavy atom. The molecule has 2 rings (SSSR count). The number of phenols is 1. The van der Waals surface area contributed by atoms with Gasteiger partial charge in [0.1, 0.15) is 17.8 Å². The second-order valence-electron chi connectivity index (χ2n) is 7.28. The van der Waals surface area contributed by atoms with E-state index >= 15 is 0 Å². The molecule has 2 aromatic rings. The van der Waals surface area contributed by atoms with Gasteiger partial charge in [-0.15, -0.1) is 0 Å². The molecule has 0 fully saturated rings. The first kappa shape index (κ1) is 25.5. The molecule has 0 unspecified atom stereocenters. The van der Waals surface area contributed by atoms with Crippen molar-refractivity contribution in [3.05, 3.63) is 64.7 Å². The van der Waals surface area contributed by atoms with E-state index in [-0.39, 0.29) is 25.1 Å². The average molecular weight is 473 g/mol. The van der Waals surface area contributed by atoms with E-state index in [0.717, 1.165) is 5.56 Å². The molecule has 0 spiro atoms. The van der Waals surface area contributed by atoms with Crippen molar-refractivity contribution < 1.29 is 24.3 Å². The molecular formula is C23H25ClN4O5. The number of ketones is 1. The summed E-state index contributed by atoms with van der Waals surface area (Å²) in [4.78, 5) is 49.0. The van der Waals surface area contributed by atoms with E-state index < -0.39 is 35.6 Å². The second kappa shape index (κ2) is 12.4. The van der Waals surface area contributed by atoms with Gasteiger partial charge in [0.15, 0.2) is 5.78 Å². The van der Waals surface area contributed by atoms with E-state index in [9.17, 15) is 24.3 Å². The van der Waals surface area contributed by atoms with Crippen LogP contribution in [0.3, 0.4) is 0 Å². The van der Waals surface area contributed by atoms with Crippen LogP contribution in [-0.4, -0.2) is 40.9 Å². The number of halogens is 1. The van der Waals surface area contributed by atoms with Gasteiger partial charge in [-0.3, -0.25) is 19.2 Å². The van der Waals surface area contributed by atoms with Crippen LogP contribution in [0, 0.1) is 5.41 Å². The number of phenolic OH excluding ortho intramolecular Hbond substituents is 1. The van der Waals surface area contributed by atoms with Gasteiger partial charge in [-0.1, -0.05) is 35.9 Å². The Labute approximate surface area is 196 Å². The molecule has 2 atom stereocenters. The highest BCUT2D eigenvalue weighted by molar-refractivity contribution is 6.30. The maximum Gasteiger partial charge on any atom is 0.247 e. The normalized spacial score (nSPS) is 12.2. The predicted molar refractivity (Wildman–Crippen MR) is 123 cm³/mol. The number of amides is 3. The molecule has 0 saturated heterocycles. The molecule has 2 aromatic carbocycles. The maximum atomic E-state index is 13.0. The van der Waals surface area contributed by atoms with Crippen LogP contribution >= 0.6 is 11.6 Å². The Morgan fingerprint density at radius 2 is 1.64 bits per heavy atom. The van der Waals surface area contributed by atoms with E-state index in [0.29, 0.717) is 16.8 Å². The van der Waals surface area contributed by atoms with Gasteiger partial charge in [-0.25, -0.2) is 0 Å². The molecule has 0 aliphatic rings. The first-order valence-electron chi connectivity index (χ1n) is 10.1. The highest BCUT2D eigenvalue weighted by Crippen LogP contribution is 2.18. The van der Waals surface area contributed by atoms with Crippen molar-refractivity contribution in [1.82, 2.24) is 16.0 Å². The topological polar surface area (TPSA) is 148 Å². The summed E-state index contributed by atoms with van der Waals surface area (Å²) in [5.41, 5.74) is 1.19. The Bertz CT molecular complexity index is 1010. The summed E-state index contributed by atoms with van der Waals surface area (Å²) < 4.78 is 0. The number of rotatable bonds is 11. The minimum absolute atomic E-state index is 0.00894. The summed E-state index contributed by atoms with van der Waals surface area (Å²) in [5.74, 6) is -2.15. The molecule has 0 aliphatic heterocycles. The summed E-state index contributed by atoms with van der Waals surface area (Å²) >= 11 is 5.86. The number of carbonyl (C=O) groups excluding carboxylic acids is 4. The minimum atomic E-state index is -1.12. The molecule has 5 N–H and O–H groups in total. The smallest absolute Gasteiger partial charge is 0.247 e. The van der Waals surface area contributed by atoms with E-state index in [4.69, 9.17) is 17.0 Å². The molecule has 9 nitrogen and oxygen atoms in total. The van der Waals surface area contributed by atoms with Crippen molar-refractivity contribution in [2.24, 2.45) is 0 Å². The van der Waals surface area contributed by atoms with Crippen molar-refractivity contribution in [1.29, 1.82) is 5.41 Å². The fourth-order valence-electron chi connectivity index (χ4n) is 2.97. The summed E-state index contributed by atoms with van der Waals surface area (Å²) in [7, 11) is 0. The standard InChI is InChI=1S/C23H25ClN4O5/c1-14(29)27-21(16-4-8-18(30)9-5-16)23(33)28-20(11-10-19(31)12-25)22(32)26-13-15-2-6-17(24)7-3-15/h2-9,12,20-21,25,30H,10-11,13H2,1H3,(H,26,32)(H,27,29)(H,28,33)/t20-,21-/m0/s1. The van der Waals surface area contributed by atoms with Crippen molar-refractivity contribution >= 4 is 41.3 Å². The molecular weight excluding hydrogens is 448 g/mol. The van der Waals surface area contributed by atoms with Gasteiger partial charge >= 0.3 is 0 Å². The molecule has 33 heavy (non-hydrogen) atoms. The van der Waals surface area contributed by atoms with Crippen molar-refractivity contribution in [2.45, 2.75) is 38.4 Å².